The smallest absolute Gasteiger partial charge is 0.162 e. The Morgan fingerprint density at radius 1 is 1.04 bits per heavy atom. The summed E-state index contributed by atoms with van der Waals surface area (Å²) in [4.78, 5) is 18.9. The topological polar surface area (TPSA) is 54.8 Å². The van der Waals surface area contributed by atoms with Gasteiger partial charge in [-0.3, -0.25) is 4.90 Å². The highest BCUT2D eigenvalue weighted by Crippen LogP contribution is 2.23. The van der Waals surface area contributed by atoms with Crippen LogP contribution in [0.25, 0.3) is 11.4 Å². The van der Waals surface area contributed by atoms with Crippen LogP contribution in [-0.4, -0.2) is 31.4 Å². The Labute approximate surface area is 143 Å². The largest absolute Gasteiger partial charge is 0.294 e. The van der Waals surface area contributed by atoms with Crippen LogP contribution in [0.5, 0.6) is 0 Å². The Balaban J connectivity index is 1.54. The minimum atomic E-state index is -0.513. The predicted octanol–water partition coefficient (Wildman–Crippen LogP) is 2.77. The normalized spacial score (nSPS) is 14.3. The van der Waals surface area contributed by atoms with Crippen LogP contribution in [0, 0.1) is 11.6 Å². The Hall–Kier alpha value is -2.80. The Morgan fingerprint density at radius 2 is 1.80 bits per heavy atom. The number of halogens is 2. The standard InChI is InChI=1S/C18H15F2N5/c19-15-2-1-3-16(20)14(15)10-25-5-4-17-13(9-25)8-23-18(24-17)12-6-21-11-22-7-12/h1-3,6-8,11H,4-5,9-10H2. The van der Waals surface area contributed by atoms with Gasteiger partial charge in [0.1, 0.15) is 18.0 Å². The fourth-order valence-corrected chi connectivity index (χ4v) is 2.97. The fraction of sp³-hybridized carbons (Fsp3) is 0.222. The highest BCUT2D eigenvalue weighted by Gasteiger charge is 2.21. The number of rotatable bonds is 3. The zero-order chi connectivity index (χ0) is 17.2. The molecule has 1 aliphatic heterocycles. The molecule has 5 nitrogen and oxygen atoms in total. The molecule has 0 spiro atoms. The first-order valence-corrected chi connectivity index (χ1v) is 7.96. The van der Waals surface area contributed by atoms with Gasteiger partial charge in [0.25, 0.3) is 0 Å². The second kappa shape index (κ2) is 6.60. The molecule has 0 saturated carbocycles. The van der Waals surface area contributed by atoms with Gasteiger partial charge in [-0.15, -0.1) is 0 Å². The van der Waals surface area contributed by atoms with E-state index in [2.05, 4.69) is 19.9 Å². The summed E-state index contributed by atoms with van der Waals surface area (Å²) in [5.74, 6) is -0.434. The lowest BCUT2D eigenvalue weighted by Gasteiger charge is -2.28. The molecule has 3 heterocycles. The average molecular weight is 339 g/mol. The third-order valence-corrected chi connectivity index (χ3v) is 4.28. The van der Waals surface area contributed by atoms with Crippen molar-refractivity contribution in [2.45, 2.75) is 19.5 Å². The van der Waals surface area contributed by atoms with Crippen molar-refractivity contribution in [3.8, 4) is 11.4 Å². The predicted molar refractivity (Wildman–Crippen MR) is 87.2 cm³/mol. The van der Waals surface area contributed by atoms with Crippen molar-refractivity contribution in [2.24, 2.45) is 0 Å². The molecule has 0 N–H and O–H groups in total. The molecule has 126 valence electrons. The van der Waals surface area contributed by atoms with E-state index in [-0.39, 0.29) is 12.1 Å². The second-order valence-corrected chi connectivity index (χ2v) is 5.95. The molecule has 1 aromatic carbocycles. The Bertz CT molecular complexity index is 881. The SMILES string of the molecule is Fc1cccc(F)c1CN1CCc2nc(-c3cncnc3)ncc2C1. The zero-order valence-corrected chi connectivity index (χ0v) is 13.4. The van der Waals surface area contributed by atoms with Crippen LogP contribution >= 0.6 is 0 Å². The molecule has 0 fully saturated rings. The van der Waals surface area contributed by atoms with Crippen molar-refractivity contribution in [2.75, 3.05) is 6.54 Å². The minimum absolute atomic E-state index is 0.102. The van der Waals surface area contributed by atoms with Crippen molar-refractivity contribution >= 4 is 0 Å². The molecule has 0 aliphatic carbocycles. The first-order valence-electron chi connectivity index (χ1n) is 7.96. The van der Waals surface area contributed by atoms with Gasteiger partial charge in [0.15, 0.2) is 5.82 Å². The first kappa shape index (κ1) is 15.7. The van der Waals surface area contributed by atoms with E-state index >= 15 is 0 Å². The maximum atomic E-state index is 13.8. The van der Waals surface area contributed by atoms with Gasteiger partial charge in [0, 0.05) is 55.8 Å². The fourth-order valence-electron chi connectivity index (χ4n) is 2.97. The van der Waals surface area contributed by atoms with Crippen LogP contribution in [0.1, 0.15) is 16.8 Å². The number of fused-ring (bicyclic) bond motifs is 1. The molecule has 0 unspecified atom stereocenters. The summed E-state index contributed by atoms with van der Waals surface area (Å²) < 4.78 is 27.7. The van der Waals surface area contributed by atoms with Gasteiger partial charge in [-0.2, -0.15) is 0 Å². The Kier molecular flexibility index (Phi) is 4.15. The molecular weight excluding hydrogens is 324 g/mol. The maximum Gasteiger partial charge on any atom is 0.162 e. The number of hydrogen-bond donors (Lipinski definition) is 0. The third-order valence-electron chi connectivity index (χ3n) is 4.28. The van der Waals surface area contributed by atoms with E-state index in [0.29, 0.717) is 25.3 Å². The molecule has 0 bridgehead atoms. The van der Waals surface area contributed by atoms with Crippen molar-refractivity contribution in [3.05, 3.63) is 71.6 Å². The van der Waals surface area contributed by atoms with Gasteiger partial charge in [0.2, 0.25) is 0 Å². The number of aromatic nitrogens is 4. The highest BCUT2D eigenvalue weighted by atomic mass is 19.1. The molecule has 2 aromatic heterocycles. The Morgan fingerprint density at radius 3 is 2.56 bits per heavy atom. The summed E-state index contributed by atoms with van der Waals surface area (Å²) in [5.41, 5.74) is 2.80. The monoisotopic (exact) mass is 339 g/mol. The summed E-state index contributed by atoms with van der Waals surface area (Å²) in [7, 11) is 0. The number of nitrogens with zero attached hydrogens (tertiary/aromatic N) is 5. The van der Waals surface area contributed by atoms with E-state index in [0.717, 1.165) is 16.8 Å². The van der Waals surface area contributed by atoms with E-state index in [1.54, 1.807) is 18.6 Å². The van der Waals surface area contributed by atoms with Crippen molar-refractivity contribution in [1.82, 2.24) is 24.8 Å². The molecule has 0 amide bonds. The quantitative estimate of drug-likeness (QED) is 0.734. The van der Waals surface area contributed by atoms with Crippen molar-refractivity contribution < 1.29 is 8.78 Å². The van der Waals surface area contributed by atoms with E-state index < -0.39 is 11.6 Å². The molecule has 0 radical (unpaired) electrons. The van der Waals surface area contributed by atoms with E-state index in [1.165, 1.54) is 24.5 Å². The van der Waals surface area contributed by atoms with Crippen molar-refractivity contribution in [3.63, 3.8) is 0 Å². The lowest BCUT2D eigenvalue weighted by molar-refractivity contribution is 0.236. The van der Waals surface area contributed by atoms with Gasteiger partial charge in [-0.05, 0) is 12.1 Å². The van der Waals surface area contributed by atoms with Gasteiger partial charge in [-0.25, -0.2) is 28.7 Å². The number of benzene rings is 1. The average Bonchev–Trinajstić information content (AvgIpc) is 2.65. The highest BCUT2D eigenvalue weighted by molar-refractivity contribution is 5.52. The third kappa shape index (κ3) is 3.23. The van der Waals surface area contributed by atoms with Gasteiger partial charge in [0.05, 0.1) is 11.3 Å². The van der Waals surface area contributed by atoms with Gasteiger partial charge < -0.3 is 0 Å². The van der Waals surface area contributed by atoms with Crippen LogP contribution in [0.3, 0.4) is 0 Å². The summed E-state index contributed by atoms with van der Waals surface area (Å²) in [6.07, 6.45) is 7.28. The second-order valence-electron chi connectivity index (χ2n) is 5.95. The minimum Gasteiger partial charge on any atom is -0.294 e. The maximum absolute atomic E-state index is 13.8. The number of hydrogen-bond acceptors (Lipinski definition) is 5. The molecular formula is C18H15F2N5. The van der Waals surface area contributed by atoms with Crippen LogP contribution in [0.4, 0.5) is 8.78 Å². The van der Waals surface area contributed by atoms with Gasteiger partial charge in [-0.1, -0.05) is 6.07 Å². The van der Waals surface area contributed by atoms with Crippen LogP contribution < -0.4 is 0 Å². The molecule has 7 heteroatoms. The summed E-state index contributed by atoms with van der Waals surface area (Å²) in [5, 5.41) is 0. The summed E-state index contributed by atoms with van der Waals surface area (Å²) >= 11 is 0. The summed E-state index contributed by atoms with van der Waals surface area (Å²) in [6, 6.07) is 3.95. The van der Waals surface area contributed by atoms with Crippen LogP contribution in [0.15, 0.2) is 43.1 Å². The van der Waals surface area contributed by atoms with Gasteiger partial charge >= 0.3 is 0 Å². The lowest BCUT2D eigenvalue weighted by Crippen LogP contribution is -2.31. The molecule has 3 aromatic rings. The van der Waals surface area contributed by atoms with E-state index in [1.807, 2.05) is 4.90 Å². The molecule has 0 saturated heterocycles. The first-order chi connectivity index (χ1) is 12.2. The lowest BCUT2D eigenvalue weighted by atomic mass is 10.1. The van der Waals surface area contributed by atoms with Crippen molar-refractivity contribution in [1.29, 1.82) is 0 Å². The zero-order valence-electron chi connectivity index (χ0n) is 13.4. The van der Waals surface area contributed by atoms with Crippen LogP contribution in [-0.2, 0) is 19.5 Å². The molecule has 4 rings (SSSR count). The molecule has 25 heavy (non-hydrogen) atoms. The summed E-state index contributed by atoms with van der Waals surface area (Å²) in [6.45, 7) is 1.48. The van der Waals surface area contributed by atoms with E-state index in [9.17, 15) is 8.78 Å². The molecule has 0 atom stereocenters. The molecule has 1 aliphatic rings. The van der Waals surface area contributed by atoms with E-state index in [4.69, 9.17) is 0 Å². The van der Waals surface area contributed by atoms with Crippen LogP contribution in [0.2, 0.25) is 0 Å².